The van der Waals surface area contributed by atoms with Crippen LogP contribution in [-0.2, 0) is 4.79 Å². The number of rotatable bonds is 3. The van der Waals surface area contributed by atoms with E-state index >= 15 is 0 Å². The van der Waals surface area contributed by atoms with E-state index in [4.69, 9.17) is 4.74 Å². The van der Waals surface area contributed by atoms with Gasteiger partial charge in [0.15, 0.2) is 0 Å². The molecule has 0 saturated carbocycles. The Morgan fingerprint density at radius 1 is 1.19 bits per heavy atom. The minimum atomic E-state index is -0.334. The Balaban J connectivity index is 3.15. The van der Waals surface area contributed by atoms with Crippen molar-refractivity contribution in [1.82, 2.24) is 0 Å². The number of carbonyl (C=O) groups is 1. The van der Waals surface area contributed by atoms with Gasteiger partial charge in [0.1, 0.15) is 5.75 Å². The molecule has 1 aromatic rings. The number of hydrogen-bond donors (Lipinski definition) is 0. The Morgan fingerprint density at radius 2 is 1.81 bits per heavy atom. The van der Waals surface area contributed by atoms with Crippen LogP contribution in [0.3, 0.4) is 0 Å². The highest BCUT2D eigenvalue weighted by Crippen LogP contribution is 2.39. The number of hydrogen-bond acceptors (Lipinski definition) is 2. The van der Waals surface area contributed by atoms with E-state index in [9.17, 15) is 4.79 Å². The molecule has 1 rings (SSSR count). The number of ether oxygens (including phenoxy) is 1. The van der Waals surface area contributed by atoms with E-state index in [1.165, 1.54) is 6.92 Å². The molecule has 0 aliphatic carbocycles. The number of esters is 1. The molecule has 0 unspecified atom stereocenters. The summed E-state index contributed by atoms with van der Waals surface area (Å²) < 4.78 is 5.14. The molecule has 0 bridgehead atoms. The first-order chi connectivity index (χ1) is 7.41. The molecule has 0 saturated heterocycles. The zero-order valence-electron chi connectivity index (χ0n) is 8.22. The van der Waals surface area contributed by atoms with Gasteiger partial charge in [-0.1, -0.05) is 75.9 Å². The molecular weight excluding hydrogens is 472 g/mol. The van der Waals surface area contributed by atoms with Gasteiger partial charge in [-0.15, -0.1) is 0 Å². The average molecular weight is 480 g/mol. The number of alkyl halides is 4. The largest absolute Gasteiger partial charge is 0.426 e. The molecule has 0 heterocycles. The van der Waals surface area contributed by atoms with Crippen LogP contribution in [0.4, 0.5) is 0 Å². The fourth-order valence-electron chi connectivity index (χ4n) is 1.11. The molecule has 0 radical (unpaired) electrons. The third kappa shape index (κ3) is 4.13. The molecule has 0 spiro atoms. The second kappa shape index (κ2) is 6.52. The van der Waals surface area contributed by atoms with Crippen LogP contribution in [-0.4, -0.2) is 5.97 Å². The lowest BCUT2D eigenvalue weighted by atomic mass is 10.1. The zero-order valence-corrected chi connectivity index (χ0v) is 14.6. The molecule has 0 N–H and O–H groups in total. The van der Waals surface area contributed by atoms with E-state index < -0.39 is 0 Å². The normalized spacial score (nSPS) is 10.9. The van der Waals surface area contributed by atoms with Gasteiger partial charge in [-0.05, 0) is 11.6 Å². The lowest BCUT2D eigenvalue weighted by Gasteiger charge is -2.12. The molecule has 0 aliphatic heterocycles. The number of halogens is 4. The molecule has 88 valence electrons. The lowest BCUT2D eigenvalue weighted by Crippen LogP contribution is -2.04. The minimum Gasteiger partial charge on any atom is -0.426 e. The molecule has 1 aromatic carbocycles. The SMILES string of the molecule is CC(=O)Oc1cc(C(Br)Br)ccc1C(Br)Br. The summed E-state index contributed by atoms with van der Waals surface area (Å²) in [6, 6.07) is 5.67. The Kier molecular flexibility index (Phi) is 5.98. The van der Waals surface area contributed by atoms with Gasteiger partial charge in [0.05, 0.1) is 7.47 Å². The van der Waals surface area contributed by atoms with Crippen LogP contribution in [0.15, 0.2) is 18.2 Å². The van der Waals surface area contributed by atoms with Crippen molar-refractivity contribution in [3.63, 3.8) is 0 Å². The van der Waals surface area contributed by atoms with E-state index in [-0.39, 0.29) is 13.4 Å². The van der Waals surface area contributed by atoms with E-state index in [1.54, 1.807) is 0 Å². The van der Waals surface area contributed by atoms with Gasteiger partial charge in [0.25, 0.3) is 0 Å². The lowest BCUT2D eigenvalue weighted by molar-refractivity contribution is -0.131. The molecule has 6 heteroatoms. The Labute approximate surface area is 128 Å². The molecule has 16 heavy (non-hydrogen) atoms. The predicted octanol–water partition coefficient (Wildman–Crippen LogP) is 5.19. The summed E-state index contributed by atoms with van der Waals surface area (Å²) >= 11 is 13.6. The van der Waals surface area contributed by atoms with Crippen molar-refractivity contribution < 1.29 is 9.53 Å². The maximum Gasteiger partial charge on any atom is 0.308 e. The van der Waals surface area contributed by atoms with Crippen molar-refractivity contribution >= 4 is 69.7 Å². The van der Waals surface area contributed by atoms with Crippen molar-refractivity contribution in [2.45, 2.75) is 14.4 Å². The smallest absolute Gasteiger partial charge is 0.308 e. The Bertz CT molecular complexity index is 390. The van der Waals surface area contributed by atoms with E-state index in [1.807, 2.05) is 18.2 Å². The van der Waals surface area contributed by atoms with E-state index in [2.05, 4.69) is 63.7 Å². The van der Waals surface area contributed by atoms with Crippen molar-refractivity contribution in [3.05, 3.63) is 29.3 Å². The first-order valence-electron chi connectivity index (χ1n) is 4.30. The van der Waals surface area contributed by atoms with Crippen LogP contribution >= 0.6 is 63.7 Å². The summed E-state index contributed by atoms with van der Waals surface area (Å²) in [7, 11) is 0. The van der Waals surface area contributed by atoms with Crippen molar-refractivity contribution in [2.24, 2.45) is 0 Å². The first-order valence-corrected chi connectivity index (χ1v) is 7.96. The zero-order chi connectivity index (χ0) is 12.3. The molecule has 0 amide bonds. The third-order valence-corrected chi connectivity index (χ3v) is 3.82. The van der Waals surface area contributed by atoms with Gasteiger partial charge in [0, 0.05) is 12.5 Å². The summed E-state index contributed by atoms with van der Waals surface area (Å²) in [4.78, 5) is 11.0. The topological polar surface area (TPSA) is 26.3 Å². The second-order valence-electron chi connectivity index (χ2n) is 2.99. The Morgan fingerprint density at radius 3 is 2.25 bits per heavy atom. The predicted molar refractivity (Wildman–Crippen MR) is 78.9 cm³/mol. The van der Waals surface area contributed by atoms with Gasteiger partial charge >= 0.3 is 5.97 Å². The van der Waals surface area contributed by atoms with Crippen LogP contribution in [0.25, 0.3) is 0 Å². The van der Waals surface area contributed by atoms with Crippen LogP contribution in [0.1, 0.15) is 25.5 Å². The van der Waals surface area contributed by atoms with Crippen molar-refractivity contribution in [1.29, 1.82) is 0 Å². The van der Waals surface area contributed by atoms with Gasteiger partial charge in [-0.3, -0.25) is 4.79 Å². The molecular formula is C10H8Br4O2. The monoisotopic (exact) mass is 476 g/mol. The third-order valence-electron chi connectivity index (χ3n) is 1.78. The van der Waals surface area contributed by atoms with Crippen LogP contribution in [0, 0.1) is 0 Å². The quantitative estimate of drug-likeness (QED) is 0.339. The van der Waals surface area contributed by atoms with Crippen LogP contribution in [0.5, 0.6) is 5.75 Å². The van der Waals surface area contributed by atoms with Crippen LogP contribution < -0.4 is 4.74 Å². The highest BCUT2D eigenvalue weighted by atomic mass is 79.9. The maximum absolute atomic E-state index is 11.0. The summed E-state index contributed by atoms with van der Waals surface area (Å²) in [5.41, 5.74) is 1.86. The van der Waals surface area contributed by atoms with Crippen molar-refractivity contribution in [2.75, 3.05) is 0 Å². The van der Waals surface area contributed by atoms with Gasteiger partial charge < -0.3 is 4.74 Å². The molecule has 2 nitrogen and oxygen atoms in total. The second-order valence-corrected chi connectivity index (χ2v) is 9.11. The fourth-order valence-corrected chi connectivity index (χ4v) is 2.44. The summed E-state index contributed by atoms with van der Waals surface area (Å²) in [6.45, 7) is 1.38. The molecule has 0 aliphatic rings. The van der Waals surface area contributed by atoms with Crippen molar-refractivity contribution in [3.8, 4) is 5.75 Å². The van der Waals surface area contributed by atoms with E-state index in [0.29, 0.717) is 5.75 Å². The Hall–Kier alpha value is 0.610. The molecule has 0 aromatic heterocycles. The standard InChI is InChI=1S/C10H8Br4O2/c1-5(15)16-8-4-6(9(11)12)2-3-7(8)10(13)14/h2-4,9-10H,1H3. The van der Waals surface area contributed by atoms with E-state index in [0.717, 1.165) is 11.1 Å². The van der Waals surface area contributed by atoms with Gasteiger partial charge in [0.2, 0.25) is 0 Å². The molecule has 0 fully saturated rings. The minimum absolute atomic E-state index is 0.0347. The highest BCUT2D eigenvalue weighted by Gasteiger charge is 2.14. The number of carbonyl (C=O) groups excluding carboxylic acids is 1. The fraction of sp³-hybridized carbons (Fsp3) is 0.300. The molecule has 0 atom stereocenters. The van der Waals surface area contributed by atoms with Crippen LogP contribution in [0.2, 0.25) is 0 Å². The average Bonchev–Trinajstić information content (AvgIpc) is 2.15. The highest BCUT2D eigenvalue weighted by molar-refractivity contribution is 9.24. The number of benzene rings is 1. The first kappa shape index (κ1) is 14.7. The van der Waals surface area contributed by atoms with Gasteiger partial charge in [-0.2, -0.15) is 0 Å². The summed E-state index contributed by atoms with van der Waals surface area (Å²) in [5.74, 6) is 0.215. The maximum atomic E-state index is 11.0. The summed E-state index contributed by atoms with van der Waals surface area (Å²) in [6.07, 6.45) is 0. The van der Waals surface area contributed by atoms with Gasteiger partial charge in [-0.25, -0.2) is 0 Å². The summed E-state index contributed by atoms with van der Waals surface area (Å²) in [5, 5.41) is 0.